The molecule has 0 saturated carbocycles. The molecule has 0 spiro atoms. The van der Waals surface area contributed by atoms with Crippen molar-refractivity contribution in [3.8, 4) is 5.88 Å². The summed E-state index contributed by atoms with van der Waals surface area (Å²) in [6, 6.07) is 0.468. The SMILES string of the molecule is Cc1nn(C)c(OCC(F)(F)F)c1CN1CC[C@@H]2CNC[C@@H]21. The summed E-state index contributed by atoms with van der Waals surface area (Å²) in [4.78, 5) is 2.33. The van der Waals surface area contributed by atoms with Crippen LogP contribution >= 0.6 is 0 Å². The van der Waals surface area contributed by atoms with Crippen LogP contribution in [-0.2, 0) is 13.6 Å². The molecule has 22 heavy (non-hydrogen) atoms. The van der Waals surface area contributed by atoms with Gasteiger partial charge in [-0.15, -0.1) is 0 Å². The first-order valence-corrected chi connectivity index (χ1v) is 7.52. The largest absolute Gasteiger partial charge is 0.468 e. The molecule has 8 heteroatoms. The Hall–Kier alpha value is -1.28. The van der Waals surface area contributed by atoms with Crippen LogP contribution in [0.15, 0.2) is 0 Å². The van der Waals surface area contributed by atoms with E-state index in [9.17, 15) is 13.2 Å². The molecule has 0 unspecified atom stereocenters. The van der Waals surface area contributed by atoms with E-state index >= 15 is 0 Å². The van der Waals surface area contributed by atoms with Gasteiger partial charge in [-0.25, -0.2) is 4.68 Å². The molecule has 0 aromatic carbocycles. The minimum absolute atomic E-state index is 0.226. The van der Waals surface area contributed by atoms with E-state index in [1.54, 1.807) is 7.05 Å². The van der Waals surface area contributed by atoms with Gasteiger partial charge in [-0.05, 0) is 32.4 Å². The van der Waals surface area contributed by atoms with Gasteiger partial charge in [-0.2, -0.15) is 18.3 Å². The number of rotatable bonds is 4. The third-order valence-electron chi connectivity index (χ3n) is 4.58. The summed E-state index contributed by atoms with van der Waals surface area (Å²) < 4.78 is 43.7. The van der Waals surface area contributed by atoms with E-state index in [4.69, 9.17) is 4.74 Å². The third-order valence-corrected chi connectivity index (χ3v) is 4.58. The van der Waals surface area contributed by atoms with Crippen LogP contribution in [0.25, 0.3) is 0 Å². The van der Waals surface area contributed by atoms with Crippen LogP contribution in [0.2, 0.25) is 0 Å². The molecule has 2 atom stereocenters. The number of nitrogens with one attached hydrogen (secondary N) is 1. The van der Waals surface area contributed by atoms with E-state index in [0.717, 1.165) is 37.3 Å². The predicted molar refractivity (Wildman–Crippen MR) is 74.7 cm³/mol. The molecule has 0 radical (unpaired) electrons. The Labute approximate surface area is 127 Å². The van der Waals surface area contributed by atoms with E-state index in [1.165, 1.54) is 4.68 Å². The van der Waals surface area contributed by atoms with Crippen LogP contribution in [0, 0.1) is 12.8 Å². The number of hydrogen-bond donors (Lipinski definition) is 1. The van der Waals surface area contributed by atoms with Gasteiger partial charge in [-0.3, -0.25) is 4.90 Å². The van der Waals surface area contributed by atoms with Gasteiger partial charge in [0.25, 0.3) is 0 Å². The Morgan fingerprint density at radius 1 is 1.36 bits per heavy atom. The lowest BCUT2D eigenvalue weighted by Crippen LogP contribution is -2.34. The Bertz CT molecular complexity index is 543. The Morgan fingerprint density at radius 2 is 2.14 bits per heavy atom. The molecular weight excluding hydrogens is 297 g/mol. The molecule has 2 aliphatic rings. The zero-order valence-corrected chi connectivity index (χ0v) is 12.8. The number of hydrogen-bond acceptors (Lipinski definition) is 4. The molecule has 0 aliphatic carbocycles. The summed E-state index contributed by atoms with van der Waals surface area (Å²) >= 11 is 0. The van der Waals surface area contributed by atoms with Crippen molar-refractivity contribution in [3.05, 3.63) is 11.3 Å². The van der Waals surface area contributed by atoms with Crippen LogP contribution in [0.5, 0.6) is 5.88 Å². The van der Waals surface area contributed by atoms with Crippen LogP contribution in [-0.4, -0.2) is 53.1 Å². The fraction of sp³-hybridized carbons (Fsp3) is 0.786. The molecule has 3 rings (SSSR count). The normalized spacial score (nSPS) is 25.7. The number of halogens is 3. The molecular formula is C14H21F3N4O. The summed E-state index contributed by atoms with van der Waals surface area (Å²) in [5, 5.41) is 7.60. The standard InChI is InChI=1S/C14H21F3N4O/c1-9-11(7-21-4-3-10-5-18-6-12(10)21)13(20(2)19-9)22-8-14(15,16)17/h10,12,18H,3-8H2,1-2H3/t10-,12+/m1/s1. The topological polar surface area (TPSA) is 42.3 Å². The van der Waals surface area contributed by atoms with Crippen molar-refractivity contribution >= 4 is 0 Å². The first-order chi connectivity index (χ1) is 10.3. The number of aromatic nitrogens is 2. The molecule has 0 bridgehead atoms. The van der Waals surface area contributed by atoms with Gasteiger partial charge in [0.1, 0.15) is 0 Å². The molecule has 2 saturated heterocycles. The van der Waals surface area contributed by atoms with Gasteiger partial charge in [-0.1, -0.05) is 0 Å². The highest BCUT2D eigenvalue weighted by Gasteiger charge is 2.38. The summed E-state index contributed by atoms with van der Waals surface area (Å²) in [6.45, 7) is 4.08. The molecule has 1 N–H and O–H groups in total. The maximum Gasteiger partial charge on any atom is 0.422 e. The molecule has 1 aromatic rings. The molecule has 2 fully saturated rings. The summed E-state index contributed by atoms with van der Waals surface area (Å²) in [7, 11) is 1.62. The van der Waals surface area contributed by atoms with E-state index in [-0.39, 0.29) is 5.88 Å². The first kappa shape index (κ1) is 15.6. The first-order valence-electron chi connectivity index (χ1n) is 7.52. The highest BCUT2D eigenvalue weighted by molar-refractivity contribution is 5.31. The monoisotopic (exact) mass is 318 g/mol. The zero-order chi connectivity index (χ0) is 15.9. The number of aryl methyl sites for hydroxylation is 2. The maximum atomic E-state index is 12.4. The minimum Gasteiger partial charge on any atom is -0.468 e. The van der Waals surface area contributed by atoms with Gasteiger partial charge >= 0.3 is 6.18 Å². The lowest BCUT2D eigenvalue weighted by Gasteiger charge is -2.23. The molecule has 2 aliphatic heterocycles. The molecule has 3 heterocycles. The second-order valence-corrected chi connectivity index (χ2v) is 6.14. The van der Waals surface area contributed by atoms with Crippen LogP contribution in [0.3, 0.4) is 0 Å². The Kier molecular flexibility index (Phi) is 4.07. The number of ether oxygens (including phenoxy) is 1. The number of nitrogens with zero attached hydrogens (tertiary/aromatic N) is 3. The minimum atomic E-state index is -4.34. The average molecular weight is 318 g/mol. The quantitative estimate of drug-likeness (QED) is 0.913. The fourth-order valence-electron chi connectivity index (χ4n) is 3.53. The van der Waals surface area contributed by atoms with Crippen molar-refractivity contribution in [2.45, 2.75) is 32.1 Å². The van der Waals surface area contributed by atoms with Crippen molar-refractivity contribution in [2.75, 3.05) is 26.2 Å². The second kappa shape index (κ2) is 5.73. The maximum absolute atomic E-state index is 12.4. The van der Waals surface area contributed by atoms with Crippen molar-refractivity contribution in [3.63, 3.8) is 0 Å². The van der Waals surface area contributed by atoms with Gasteiger partial charge in [0.15, 0.2) is 6.61 Å². The van der Waals surface area contributed by atoms with Crippen molar-refractivity contribution in [2.24, 2.45) is 13.0 Å². The lowest BCUT2D eigenvalue weighted by molar-refractivity contribution is -0.154. The third kappa shape index (κ3) is 3.08. The van der Waals surface area contributed by atoms with E-state index < -0.39 is 12.8 Å². The average Bonchev–Trinajstić information content (AvgIpc) is 3.05. The van der Waals surface area contributed by atoms with Crippen molar-refractivity contribution in [1.29, 1.82) is 0 Å². The van der Waals surface area contributed by atoms with Gasteiger partial charge in [0.2, 0.25) is 5.88 Å². The predicted octanol–water partition coefficient (Wildman–Crippen LogP) is 1.46. The Morgan fingerprint density at radius 3 is 2.86 bits per heavy atom. The zero-order valence-electron chi connectivity index (χ0n) is 12.8. The van der Waals surface area contributed by atoms with Gasteiger partial charge in [0.05, 0.1) is 11.3 Å². The summed E-state index contributed by atoms with van der Waals surface area (Å²) in [5.74, 6) is 0.876. The lowest BCUT2D eigenvalue weighted by atomic mass is 10.1. The van der Waals surface area contributed by atoms with Crippen molar-refractivity contribution < 1.29 is 17.9 Å². The highest BCUT2D eigenvalue weighted by atomic mass is 19.4. The summed E-state index contributed by atoms with van der Waals surface area (Å²) in [6.07, 6.45) is -3.21. The van der Waals surface area contributed by atoms with Gasteiger partial charge < -0.3 is 10.1 Å². The molecule has 5 nitrogen and oxygen atoms in total. The van der Waals surface area contributed by atoms with Crippen molar-refractivity contribution in [1.82, 2.24) is 20.0 Å². The highest BCUT2D eigenvalue weighted by Crippen LogP contribution is 2.32. The summed E-state index contributed by atoms with van der Waals surface area (Å²) in [5.41, 5.74) is 1.49. The number of likely N-dealkylation sites (tertiary alicyclic amines) is 1. The van der Waals surface area contributed by atoms with Crippen LogP contribution in [0.1, 0.15) is 17.7 Å². The van der Waals surface area contributed by atoms with E-state index in [2.05, 4.69) is 15.3 Å². The molecule has 1 aromatic heterocycles. The van der Waals surface area contributed by atoms with Gasteiger partial charge in [0, 0.05) is 26.2 Å². The number of alkyl halides is 3. The van der Waals surface area contributed by atoms with Crippen LogP contribution < -0.4 is 10.1 Å². The van der Waals surface area contributed by atoms with E-state index in [1.807, 2.05) is 6.92 Å². The Balaban J connectivity index is 1.75. The second-order valence-electron chi connectivity index (χ2n) is 6.14. The fourth-order valence-corrected chi connectivity index (χ4v) is 3.53. The van der Waals surface area contributed by atoms with E-state index in [0.29, 0.717) is 18.5 Å². The van der Waals surface area contributed by atoms with Crippen LogP contribution in [0.4, 0.5) is 13.2 Å². The molecule has 0 amide bonds. The molecule has 124 valence electrons. The number of fused-ring (bicyclic) bond motifs is 1. The smallest absolute Gasteiger partial charge is 0.422 e.